The summed E-state index contributed by atoms with van der Waals surface area (Å²) in [5.41, 5.74) is 6.48. The molecule has 0 aliphatic heterocycles. The van der Waals surface area contributed by atoms with Gasteiger partial charge < -0.3 is 4.74 Å². The lowest BCUT2D eigenvalue weighted by Gasteiger charge is -2.18. The first kappa shape index (κ1) is 17.6. The van der Waals surface area contributed by atoms with Crippen LogP contribution in [0.15, 0.2) is 30.3 Å². The summed E-state index contributed by atoms with van der Waals surface area (Å²) in [4.78, 5) is 0. The number of ether oxygens (including phenoxy) is 1. The van der Waals surface area contributed by atoms with E-state index in [0.29, 0.717) is 11.8 Å². The highest BCUT2D eigenvalue weighted by Gasteiger charge is 2.12. The average Bonchev–Trinajstić information content (AvgIpc) is 2.50. The Morgan fingerprint density at radius 2 is 1.43 bits per heavy atom. The normalized spacial score (nSPS) is 11.3. The van der Waals surface area contributed by atoms with Crippen molar-refractivity contribution >= 4 is 0 Å². The molecule has 0 unspecified atom stereocenters. The van der Waals surface area contributed by atoms with E-state index < -0.39 is 0 Å². The smallest absolute Gasteiger partial charge is 0.130 e. The standard InChI is InChI=1S/C22H30O/c1-8-18-11-20(15(4)5)13-22(17(18)7)23-21-12-19(14(2)3)10-9-16(21)6/h9-15H,8H2,1-7H3. The van der Waals surface area contributed by atoms with Crippen LogP contribution in [0.4, 0.5) is 0 Å². The van der Waals surface area contributed by atoms with Gasteiger partial charge in [0, 0.05) is 0 Å². The van der Waals surface area contributed by atoms with Gasteiger partial charge in [0.1, 0.15) is 11.5 Å². The predicted molar refractivity (Wildman–Crippen MR) is 100.0 cm³/mol. The van der Waals surface area contributed by atoms with Gasteiger partial charge in [-0.3, -0.25) is 0 Å². The molecule has 124 valence electrons. The molecule has 2 aromatic carbocycles. The predicted octanol–water partition coefficient (Wildman–Crippen LogP) is 6.90. The van der Waals surface area contributed by atoms with Gasteiger partial charge in [-0.05, 0) is 72.1 Å². The lowest BCUT2D eigenvalue weighted by atomic mass is 9.95. The molecule has 0 saturated carbocycles. The largest absolute Gasteiger partial charge is 0.457 e. The van der Waals surface area contributed by atoms with Crippen molar-refractivity contribution in [3.63, 3.8) is 0 Å². The van der Waals surface area contributed by atoms with Gasteiger partial charge in [0.05, 0.1) is 0 Å². The molecule has 1 nitrogen and oxygen atoms in total. The third-order valence-corrected chi connectivity index (χ3v) is 4.64. The summed E-state index contributed by atoms with van der Waals surface area (Å²) in [5, 5.41) is 0. The van der Waals surface area contributed by atoms with E-state index in [1.54, 1.807) is 0 Å². The van der Waals surface area contributed by atoms with Crippen LogP contribution in [0.3, 0.4) is 0 Å². The number of benzene rings is 2. The first-order chi connectivity index (χ1) is 10.8. The fourth-order valence-corrected chi connectivity index (χ4v) is 2.78. The maximum absolute atomic E-state index is 6.36. The average molecular weight is 310 g/mol. The molecular formula is C22H30O. The maximum atomic E-state index is 6.36. The Hall–Kier alpha value is -1.76. The van der Waals surface area contributed by atoms with Crippen molar-refractivity contribution in [2.45, 2.75) is 66.7 Å². The topological polar surface area (TPSA) is 9.23 Å². The highest BCUT2D eigenvalue weighted by Crippen LogP contribution is 2.34. The maximum Gasteiger partial charge on any atom is 0.130 e. The molecular weight excluding hydrogens is 280 g/mol. The number of aryl methyl sites for hydroxylation is 2. The van der Waals surface area contributed by atoms with Crippen molar-refractivity contribution in [2.75, 3.05) is 0 Å². The van der Waals surface area contributed by atoms with Crippen LogP contribution in [0.25, 0.3) is 0 Å². The van der Waals surface area contributed by atoms with Gasteiger partial charge in [0.2, 0.25) is 0 Å². The van der Waals surface area contributed by atoms with E-state index in [1.807, 2.05) is 0 Å². The summed E-state index contributed by atoms with van der Waals surface area (Å²) in [6.45, 7) is 15.4. The highest BCUT2D eigenvalue weighted by atomic mass is 16.5. The van der Waals surface area contributed by atoms with Crippen molar-refractivity contribution in [1.29, 1.82) is 0 Å². The molecule has 0 fully saturated rings. The quantitative estimate of drug-likeness (QED) is 0.583. The summed E-state index contributed by atoms with van der Waals surface area (Å²) >= 11 is 0. The second-order valence-corrected chi connectivity index (χ2v) is 7.09. The van der Waals surface area contributed by atoms with Gasteiger partial charge in [-0.2, -0.15) is 0 Å². The first-order valence-electron chi connectivity index (χ1n) is 8.75. The van der Waals surface area contributed by atoms with E-state index in [0.717, 1.165) is 17.9 Å². The van der Waals surface area contributed by atoms with Gasteiger partial charge in [0.15, 0.2) is 0 Å². The summed E-state index contributed by atoms with van der Waals surface area (Å²) in [7, 11) is 0. The molecule has 0 saturated heterocycles. The summed E-state index contributed by atoms with van der Waals surface area (Å²) in [6.07, 6.45) is 1.04. The summed E-state index contributed by atoms with van der Waals surface area (Å²) < 4.78 is 6.36. The van der Waals surface area contributed by atoms with Crippen molar-refractivity contribution < 1.29 is 4.74 Å². The Kier molecular flexibility index (Phi) is 5.51. The minimum absolute atomic E-state index is 0.506. The minimum atomic E-state index is 0.506. The van der Waals surface area contributed by atoms with Gasteiger partial charge in [0.25, 0.3) is 0 Å². The molecule has 0 bridgehead atoms. The Labute approximate surface area is 141 Å². The van der Waals surface area contributed by atoms with E-state index >= 15 is 0 Å². The van der Waals surface area contributed by atoms with Crippen LogP contribution in [0, 0.1) is 13.8 Å². The molecule has 2 aromatic rings. The van der Waals surface area contributed by atoms with Crippen molar-refractivity contribution in [2.24, 2.45) is 0 Å². The first-order valence-corrected chi connectivity index (χ1v) is 8.75. The third kappa shape index (κ3) is 3.96. The molecule has 1 heteroatoms. The molecule has 0 aliphatic carbocycles. The molecule has 0 heterocycles. The number of hydrogen-bond acceptors (Lipinski definition) is 1. The molecule has 0 aromatic heterocycles. The highest BCUT2D eigenvalue weighted by molar-refractivity contribution is 5.48. The van der Waals surface area contributed by atoms with E-state index in [1.165, 1.54) is 27.8 Å². The van der Waals surface area contributed by atoms with Gasteiger partial charge in [-0.25, -0.2) is 0 Å². The number of hydrogen-bond donors (Lipinski definition) is 0. The molecule has 0 aliphatic rings. The lowest BCUT2D eigenvalue weighted by Crippen LogP contribution is -1.99. The van der Waals surface area contributed by atoms with E-state index in [9.17, 15) is 0 Å². The third-order valence-electron chi connectivity index (χ3n) is 4.64. The fraction of sp³-hybridized carbons (Fsp3) is 0.455. The van der Waals surface area contributed by atoms with E-state index in [4.69, 9.17) is 4.74 Å². The van der Waals surface area contributed by atoms with E-state index in [2.05, 4.69) is 78.8 Å². The summed E-state index contributed by atoms with van der Waals surface area (Å²) in [6, 6.07) is 11.1. The second kappa shape index (κ2) is 7.21. The molecule has 0 radical (unpaired) electrons. The van der Waals surface area contributed by atoms with E-state index in [-0.39, 0.29) is 0 Å². The molecule has 23 heavy (non-hydrogen) atoms. The van der Waals surface area contributed by atoms with Crippen LogP contribution in [-0.4, -0.2) is 0 Å². The van der Waals surface area contributed by atoms with Gasteiger partial charge in [-0.15, -0.1) is 0 Å². The molecule has 0 amide bonds. The Balaban J connectivity index is 2.47. The number of rotatable bonds is 5. The Morgan fingerprint density at radius 3 is 2.00 bits per heavy atom. The van der Waals surface area contributed by atoms with Gasteiger partial charge >= 0.3 is 0 Å². The van der Waals surface area contributed by atoms with Crippen LogP contribution in [0.2, 0.25) is 0 Å². The Morgan fingerprint density at radius 1 is 0.826 bits per heavy atom. The lowest BCUT2D eigenvalue weighted by molar-refractivity contribution is 0.472. The molecule has 0 spiro atoms. The monoisotopic (exact) mass is 310 g/mol. The molecule has 0 N–H and O–H groups in total. The van der Waals surface area contributed by atoms with Crippen LogP contribution >= 0.6 is 0 Å². The van der Waals surface area contributed by atoms with Crippen molar-refractivity contribution in [3.8, 4) is 11.5 Å². The van der Waals surface area contributed by atoms with Crippen LogP contribution in [0.5, 0.6) is 11.5 Å². The summed E-state index contributed by atoms with van der Waals surface area (Å²) in [5.74, 6) is 2.98. The van der Waals surface area contributed by atoms with Crippen LogP contribution < -0.4 is 4.74 Å². The fourth-order valence-electron chi connectivity index (χ4n) is 2.78. The van der Waals surface area contributed by atoms with Crippen molar-refractivity contribution in [3.05, 3.63) is 58.1 Å². The zero-order valence-electron chi connectivity index (χ0n) is 15.7. The van der Waals surface area contributed by atoms with Crippen LogP contribution in [0.1, 0.15) is 74.3 Å². The van der Waals surface area contributed by atoms with Crippen LogP contribution in [-0.2, 0) is 6.42 Å². The van der Waals surface area contributed by atoms with Crippen molar-refractivity contribution in [1.82, 2.24) is 0 Å². The second-order valence-electron chi connectivity index (χ2n) is 7.09. The SMILES string of the molecule is CCc1cc(C(C)C)cc(Oc2cc(C(C)C)ccc2C)c1C. The zero-order chi connectivity index (χ0) is 17.1. The van der Waals surface area contributed by atoms with Gasteiger partial charge in [-0.1, -0.05) is 52.8 Å². The minimum Gasteiger partial charge on any atom is -0.457 e. The molecule has 2 rings (SSSR count). The zero-order valence-corrected chi connectivity index (χ0v) is 15.7. The Bertz CT molecular complexity index is 681. The molecule has 0 atom stereocenters.